The van der Waals surface area contributed by atoms with Crippen LogP contribution in [-0.4, -0.2) is 17.3 Å². The molecule has 2 nitrogen and oxygen atoms in total. The van der Waals surface area contributed by atoms with Gasteiger partial charge in [0.15, 0.2) is 11.6 Å². The maximum absolute atomic E-state index is 13.2. The van der Waals surface area contributed by atoms with E-state index < -0.39 is 17.2 Å². The van der Waals surface area contributed by atoms with E-state index in [1.54, 1.807) is 0 Å². The highest BCUT2D eigenvalue weighted by atomic mass is 19.2. The molecule has 1 aromatic rings. The summed E-state index contributed by atoms with van der Waals surface area (Å²) in [7, 11) is 0. The SMILES string of the molecule is CCC(O)(CC)COc1cccc(F)c1F. The third-order valence-corrected chi connectivity index (χ3v) is 2.73. The maximum Gasteiger partial charge on any atom is 0.200 e. The molecule has 0 radical (unpaired) electrons. The summed E-state index contributed by atoms with van der Waals surface area (Å²) in [5.74, 6) is -2.13. The monoisotopic (exact) mass is 230 g/mol. The Morgan fingerprint density at radius 3 is 2.44 bits per heavy atom. The van der Waals surface area contributed by atoms with Crippen LogP contribution in [0.3, 0.4) is 0 Å². The Hall–Kier alpha value is -1.16. The summed E-state index contributed by atoms with van der Waals surface area (Å²) in [5.41, 5.74) is -0.987. The van der Waals surface area contributed by atoms with Gasteiger partial charge in [0.05, 0.1) is 5.60 Å². The Morgan fingerprint density at radius 1 is 1.25 bits per heavy atom. The van der Waals surface area contributed by atoms with Crippen molar-refractivity contribution in [3.8, 4) is 5.75 Å². The summed E-state index contributed by atoms with van der Waals surface area (Å²) in [6, 6.07) is 3.73. The molecule has 0 saturated heterocycles. The first-order chi connectivity index (χ1) is 7.52. The minimum Gasteiger partial charge on any atom is -0.487 e. The number of ether oxygens (including phenoxy) is 1. The summed E-state index contributed by atoms with van der Waals surface area (Å²) >= 11 is 0. The minimum atomic E-state index is -1.02. The summed E-state index contributed by atoms with van der Waals surface area (Å²) in [4.78, 5) is 0. The number of hydrogen-bond acceptors (Lipinski definition) is 2. The molecule has 0 atom stereocenters. The van der Waals surface area contributed by atoms with Crippen molar-refractivity contribution in [3.05, 3.63) is 29.8 Å². The first kappa shape index (κ1) is 12.9. The quantitative estimate of drug-likeness (QED) is 0.842. The molecule has 90 valence electrons. The van der Waals surface area contributed by atoms with E-state index in [1.807, 2.05) is 13.8 Å². The fourth-order valence-corrected chi connectivity index (χ4v) is 1.26. The molecule has 16 heavy (non-hydrogen) atoms. The van der Waals surface area contributed by atoms with Crippen molar-refractivity contribution in [2.24, 2.45) is 0 Å². The predicted molar refractivity (Wildman–Crippen MR) is 57.4 cm³/mol. The van der Waals surface area contributed by atoms with E-state index in [1.165, 1.54) is 12.1 Å². The van der Waals surface area contributed by atoms with E-state index in [0.29, 0.717) is 12.8 Å². The molecule has 0 aromatic heterocycles. The van der Waals surface area contributed by atoms with Crippen LogP contribution >= 0.6 is 0 Å². The molecular formula is C12H16F2O2. The van der Waals surface area contributed by atoms with E-state index in [2.05, 4.69) is 0 Å². The maximum atomic E-state index is 13.2. The van der Waals surface area contributed by atoms with E-state index in [-0.39, 0.29) is 12.4 Å². The first-order valence-corrected chi connectivity index (χ1v) is 5.31. The summed E-state index contributed by atoms with van der Waals surface area (Å²) in [6.07, 6.45) is 1.00. The first-order valence-electron chi connectivity index (χ1n) is 5.31. The molecule has 1 rings (SSSR count). The zero-order valence-electron chi connectivity index (χ0n) is 9.46. The van der Waals surface area contributed by atoms with Crippen molar-refractivity contribution >= 4 is 0 Å². The van der Waals surface area contributed by atoms with Crippen LogP contribution in [0.5, 0.6) is 5.75 Å². The zero-order valence-corrected chi connectivity index (χ0v) is 9.46. The Morgan fingerprint density at radius 2 is 1.88 bits per heavy atom. The third-order valence-electron chi connectivity index (χ3n) is 2.73. The molecule has 4 heteroatoms. The lowest BCUT2D eigenvalue weighted by atomic mass is 9.99. The highest BCUT2D eigenvalue weighted by Gasteiger charge is 2.24. The van der Waals surface area contributed by atoms with E-state index >= 15 is 0 Å². The molecule has 0 heterocycles. The van der Waals surface area contributed by atoms with Crippen molar-refractivity contribution in [3.63, 3.8) is 0 Å². The van der Waals surface area contributed by atoms with Crippen LogP contribution in [0.1, 0.15) is 26.7 Å². The molecule has 0 unspecified atom stereocenters. The number of aliphatic hydroxyl groups is 1. The summed E-state index contributed by atoms with van der Waals surface area (Å²) < 4.78 is 31.1. The van der Waals surface area contributed by atoms with Gasteiger partial charge in [-0.2, -0.15) is 4.39 Å². The number of benzene rings is 1. The predicted octanol–water partition coefficient (Wildman–Crippen LogP) is 2.89. The second kappa shape index (κ2) is 5.25. The van der Waals surface area contributed by atoms with Gasteiger partial charge in [0.1, 0.15) is 6.61 Å². The highest BCUT2D eigenvalue weighted by Crippen LogP contribution is 2.22. The van der Waals surface area contributed by atoms with Gasteiger partial charge in [0, 0.05) is 0 Å². The van der Waals surface area contributed by atoms with Crippen LogP contribution in [0.15, 0.2) is 18.2 Å². The normalized spacial score (nSPS) is 11.6. The van der Waals surface area contributed by atoms with Crippen LogP contribution in [-0.2, 0) is 0 Å². The number of halogens is 2. The lowest BCUT2D eigenvalue weighted by Gasteiger charge is -2.25. The van der Waals surface area contributed by atoms with Crippen LogP contribution < -0.4 is 4.74 Å². The fraction of sp³-hybridized carbons (Fsp3) is 0.500. The van der Waals surface area contributed by atoms with Crippen molar-refractivity contribution in [1.82, 2.24) is 0 Å². The van der Waals surface area contributed by atoms with Crippen molar-refractivity contribution < 1.29 is 18.6 Å². The largest absolute Gasteiger partial charge is 0.487 e. The number of rotatable bonds is 5. The topological polar surface area (TPSA) is 29.5 Å². The molecule has 0 fully saturated rings. The Bertz CT molecular complexity index is 349. The number of hydrogen-bond donors (Lipinski definition) is 1. The second-order valence-corrected chi connectivity index (χ2v) is 3.77. The molecule has 0 spiro atoms. The smallest absolute Gasteiger partial charge is 0.200 e. The molecule has 1 aromatic carbocycles. The molecule has 0 aliphatic rings. The van der Waals surface area contributed by atoms with Gasteiger partial charge in [-0.3, -0.25) is 0 Å². The van der Waals surface area contributed by atoms with Crippen molar-refractivity contribution in [1.29, 1.82) is 0 Å². The second-order valence-electron chi connectivity index (χ2n) is 3.77. The van der Waals surface area contributed by atoms with Crippen LogP contribution in [0, 0.1) is 11.6 Å². The van der Waals surface area contributed by atoms with Gasteiger partial charge in [0.2, 0.25) is 5.82 Å². The van der Waals surface area contributed by atoms with Gasteiger partial charge in [-0.05, 0) is 25.0 Å². The lowest BCUT2D eigenvalue weighted by molar-refractivity contribution is -0.0125. The summed E-state index contributed by atoms with van der Waals surface area (Å²) in [6.45, 7) is 3.59. The van der Waals surface area contributed by atoms with Crippen molar-refractivity contribution in [2.75, 3.05) is 6.61 Å². The van der Waals surface area contributed by atoms with Gasteiger partial charge < -0.3 is 9.84 Å². The van der Waals surface area contributed by atoms with Gasteiger partial charge in [-0.25, -0.2) is 4.39 Å². The van der Waals surface area contributed by atoms with Gasteiger partial charge in [0.25, 0.3) is 0 Å². The van der Waals surface area contributed by atoms with Crippen LogP contribution in [0.25, 0.3) is 0 Å². The van der Waals surface area contributed by atoms with Gasteiger partial charge in [-0.1, -0.05) is 19.9 Å². The Labute approximate surface area is 93.9 Å². The average molecular weight is 230 g/mol. The molecule has 1 N–H and O–H groups in total. The molecule has 0 amide bonds. The fourth-order valence-electron chi connectivity index (χ4n) is 1.26. The zero-order chi connectivity index (χ0) is 12.2. The van der Waals surface area contributed by atoms with E-state index in [4.69, 9.17) is 4.74 Å². The molecular weight excluding hydrogens is 214 g/mol. The van der Waals surface area contributed by atoms with E-state index in [0.717, 1.165) is 6.07 Å². The molecule has 0 saturated carbocycles. The third kappa shape index (κ3) is 2.92. The Kier molecular flexibility index (Phi) is 4.24. The van der Waals surface area contributed by atoms with Crippen molar-refractivity contribution in [2.45, 2.75) is 32.3 Å². The molecule has 0 aliphatic carbocycles. The minimum absolute atomic E-state index is 0.0413. The summed E-state index contributed by atoms with van der Waals surface area (Å²) in [5, 5.41) is 9.91. The van der Waals surface area contributed by atoms with Gasteiger partial charge >= 0.3 is 0 Å². The Balaban J connectivity index is 2.71. The average Bonchev–Trinajstić information content (AvgIpc) is 2.31. The molecule has 0 aliphatic heterocycles. The van der Waals surface area contributed by atoms with Crippen LogP contribution in [0.2, 0.25) is 0 Å². The molecule has 0 bridgehead atoms. The highest BCUT2D eigenvalue weighted by molar-refractivity contribution is 5.25. The van der Waals surface area contributed by atoms with E-state index in [9.17, 15) is 13.9 Å². The standard InChI is InChI=1S/C12H16F2O2/c1-3-12(15,4-2)8-16-10-7-5-6-9(13)11(10)14/h5-7,15H,3-4,8H2,1-2H3. The van der Waals surface area contributed by atoms with Crippen LogP contribution in [0.4, 0.5) is 8.78 Å². The van der Waals surface area contributed by atoms with Gasteiger partial charge in [-0.15, -0.1) is 0 Å². The lowest BCUT2D eigenvalue weighted by Crippen LogP contribution is -2.34.